The largest absolute Gasteiger partial charge is 0.493 e. The fourth-order valence-corrected chi connectivity index (χ4v) is 5.29. The summed E-state index contributed by atoms with van der Waals surface area (Å²) in [6, 6.07) is 18.3. The van der Waals surface area contributed by atoms with Gasteiger partial charge in [-0.15, -0.1) is 0 Å². The number of carbonyl (C=O) groups excluding carboxylic acids is 1. The van der Waals surface area contributed by atoms with Crippen molar-refractivity contribution in [3.63, 3.8) is 0 Å². The van der Waals surface area contributed by atoms with Gasteiger partial charge < -0.3 is 15.4 Å². The van der Waals surface area contributed by atoms with Crippen molar-refractivity contribution in [1.82, 2.24) is 20.6 Å². The number of nitrogens with one attached hydrogen (secondary N) is 2. The predicted octanol–water partition coefficient (Wildman–Crippen LogP) is 4.26. The summed E-state index contributed by atoms with van der Waals surface area (Å²) in [6.07, 6.45) is 8.26. The van der Waals surface area contributed by atoms with Crippen LogP contribution in [0.4, 0.5) is 0 Å². The lowest BCUT2D eigenvalue weighted by Gasteiger charge is -2.33. The monoisotopic (exact) mass is 491 g/mol. The number of fused-ring (bicyclic) bond motifs is 1. The highest BCUT2D eigenvalue weighted by molar-refractivity contribution is 6.11. The highest BCUT2D eigenvalue weighted by Gasteiger charge is 2.47. The van der Waals surface area contributed by atoms with E-state index in [1.807, 2.05) is 55.7 Å². The number of ether oxygens (including phenoxy) is 1. The number of benzene rings is 2. The molecular formula is C29H27N4O2Si. The minimum atomic E-state index is -0.423. The van der Waals surface area contributed by atoms with Crippen LogP contribution in [-0.4, -0.2) is 44.4 Å². The summed E-state index contributed by atoms with van der Waals surface area (Å²) in [6.45, 7) is 2.96. The Labute approximate surface area is 213 Å². The third-order valence-electron chi connectivity index (χ3n) is 7.28. The van der Waals surface area contributed by atoms with E-state index in [9.17, 15) is 4.79 Å². The SMILES string of the molecule is Cc1ccc(OC([Si])[C@@H]2CCN2)cc1C(=O)NC1(c2cc(-c3cccnc3)cc3ncccc23)CC1. The van der Waals surface area contributed by atoms with Crippen LogP contribution in [0.3, 0.4) is 0 Å². The summed E-state index contributed by atoms with van der Waals surface area (Å²) in [5.41, 5.74) is 5.07. The Balaban J connectivity index is 1.32. The number of amides is 1. The number of hydrogen-bond donors (Lipinski definition) is 2. The molecule has 1 unspecified atom stereocenters. The number of rotatable bonds is 7. The lowest BCUT2D eigenvalue weighted by molar-refractivity contribution is 0.0929. The van der Waals surface area contributed by atoms with Gasteiger partial charge in [-0.2, -0.15) is 0 Å². The molecule has 1 saturated carbocycles. The summed E-state index contributed by atoms with van der Waals surface area (Å²) in [5.74, 6) is 0.587. The Morgan fingerprint density at radius 1 is 1.14 bits per heavy atom. The molecule has 7 heteroatoms. The Bertz CT molecular complexity index is 1430. The predicted molar refractivity (Wildman–Crippen MR) is 141 cm³/mol. The van der Waals surface area contributed by atoms with Gasteiger partial charge in [-0.3, -0.25) is 14.8 Å². The Hall–Kier alpha value is -3.55. The molecule has 2 N–H and O–H groups in total. The Morgan fingerprint density at radius 3 is 2.69 bits per heavy atom. The van der Waals surface area contributed by atoms with Crippen molar-refractivity contribution in [3.8, 4) is 16.9 Å². The first-order valence-electron chi connectivity index (χ1n) is 12.4. The molecule has 4 aromatic rings. The molecule has 36 heavy (non-hydrogen) atoms. The van der Waals surface area contributed by atoms with Crippen molar-refractivity contribution in [2.75, 3.05) is 6.54 Å². The zero-order chi connectivity index (χ0) is 24.7. The van der Waals surface area contributed by atoms with Crippen LogP contribution in [0.1, 0.15) is 40.7 Å². The molecule has 1 aliphatic heterocycles. The smallest absolute Gasteiger partial charge is 0.252 e. The molecule has 1 amide bonds. The molecule has 3 heterocycles. The number of aryl methyl sites for hydroxylation is 1. The van der Waals surface area contributed by atoms with Crippen molar-refractivity contribution < 1.29 is 9.53 Å². The highest BCUT2D eigenvalue weighted by atomic mass is 28.1. The van der Waals surface area contributed by atoms with Crippen LogP contribution in [0, 0.1) is 6.92 Å². The van der Waals surface area contributed by atoms with Gasteiger partial charge in [-0.1, -0.05) is 18.2 Å². The second kappa shape index (κ2) is 9.15. The number of nitrogens with zero attached hydrogens (tertiary/aromatic N) is 2. The fraction of sp³-hybridized carbons (Fsp3) is 0.276. The summed E-state index contributed by atoms with van der Waals surface area (Å²) in [5, 5.41) is 7.78. The molecule has 1 saturated heterocycles. The second-order valence-electron chi connectivity index (χ2n) is 9.74. The molecule has 2 aliphatic rings. The molecule has 3 radical (unpaired) electrons. The third-order valence-corrected chi connectivity index (χ3v) is 7.80. The van der Waals surface area contributed by atoms with E-state index in [1.54, 1.807) is 6.20 Å². The first-order valence-corrected chi connectivity index (χ1v) is 12.9. The molecule has 0 bridgehead atoms. The number of aromatic nitrogens is 2. The molecule has 179 valence electrons. The lowest BCUT2D eigenvalue weighted by Crippen LogP contribution is -2.53. The maximum atomic E-state index is 13.6. The van der Waals surface area contributed by atoms with Gasteiger partial charge in [0.2, 0.25) is 0 Å². The molecule has 1 aliphatic carbocycles. The molecule has 2 atom stereocenters. The quantitative estimate of drug-likeness (QED) is 0.378. The van der Waals surface area contributed by atoms with E-state index >= 15 is 0 Å². The van der Waals surface area contributed by atoms with Crippen LogP contribution in [0.25, 0.3) is 22.0 Å². The molecule has 6 rings (SSSR count). The topological polar surface area (TPSA) is 76.1 Å². The lowest BCUT2D eigenvalue weighted by atomic mass is 9.93. The van der Waals surface area contributed by atoms with Gasteiger partial charge in [-0.05, 0) is 85.8 Å². The highest BCUT2D eigenvalue weighted by Crippen LogP contribution is 2.49. The molecule has 6 nitrogen and oxygen atoms in total. The van der Waals surface area contributed by atoms with Gasteiger partial charge in [0.1, 0.15) is 5.75 Å². The average molecular weight is 492 g/mol. The molecule has 0 spiro atoms. The van der Waals surface area contributed by atoms with Gasteiger partial charge >= 0.3 is 0 Å². The van der Waals surface area contributed by atoms with Gasteiger partial charge in [0.15, 0.2) is 0 Å². The standard InChI is InChI=1S/C29H27N4O2Si/c1-18-6-7-21(35-28(36)25-8-13-32-25)16-23(18)27(34)33-29(9-10-29)24-14-20(19-4-2-11-30-17-19)15-26-22(24)5-3-12-31-26/h2-7,11-12,14-17,25,28,32H,8-10,13H2,1H3,(H,33,34)/t25-,28?/m0/s1. The summed E-state index contributed by atoms with van der Waals surface area (Å²) in [4.78, 5) is 22.5. The van der Waals surface area contributed by atoms with Gasteiger partial charge in [0.25, 0.3) is 5.91 Å². The molecular weight excluding hydrogens is 464 g/mol. The van der Waals surface area contributed by atoms with Gasteiger partial charge in [0, 0.05) is 41.1 Å². The summed E-state index contributed by atoms with van der Waals surface area (Å²) >= 11 is 0. The van der Waals surface area contributed by atoms with Crippen LogP contribution in [0.15, 0.2) is 73.2 Å². The van der Waals surface area contributed by atoms with Gasteiger partial charge in [0.05, 0.1) is 27.0 Å². The Morgan fingerprint density at radius 2 is 1.97 bits per heavy atom. The maximum absolute atomic E-state index is 13.6. The van der Waals surface area contributed by atoms with Crippen molar-refractivity contribution in [2.45, 2.75) is 43.5 Å². The van der Waals surface area contributed by atoms with Crippen LogP contribution in [0.5, 0.6) is 5.75 Å². The minimum Gasteiger partial charge on any atom is -0.493 e. The van der Waals surface area contributed by atoms with E-state index in [2.05, 4.69) is 49.0 Å². The van der Waals surface area contributed by atoms with E-state index in [0.717, 1.165) is 59.0 Å². The van der Waals surface area contributed by atoms with Gasteiger partial charge in [-0.25, -0.2) is 0 Å². The number of carbonyl (C=O) groups is 1. The van der Waals surface area contributed by atoms with E-state index in [-0.39, 0.29) is 17.7 Å². The van der Waals surface area contributed by atoms with Crippen molar-refractivity contribution in [2.24, 2.45) is 0 Å². The first-order chi connectivity index (χ1) is 17.5. The van der Waals surface area contributed by atoms with E-state index in [1.165, 1.54) is 0 Å². The molecule has 2 aromatic carbocycles. The fourth-order valence-electron chi connectivity index (χ4n) is 4.87. The maximum Gasteiger partial charge on any atom is 0.252 e. The van der Waals surface area contributed by atoms with E-state index in [0.29, 0.717) is 11.3 Å². The van der Waals surface area contributed by atoms with Crippen molar-refractivity contribution in [3.05, 3.63) is 89.9 Å². The van der Waals surface area contributed by atoms with Crippen LogP contribution in [0.2, 0.25) is 0 Å². The van der Waals surface area contributed by atoms with Crippen molar-refractivity contribution in [1.29, 1.82) is 0 Å². The van der Waals surface area contributed by atoms with Crippen LogP contribution < -0.4 is 15.4 Å². The molecule has 2 aromatic heterocycles. The Kier molecular flexibility index (Phi) is 5.82. The number of pyridine rings is 2. The summed E-state index contributed by atoms with van der Waals surface area (Å²) < 4.78 is 6.07. The third kappa shape index (κ3) is 4.29. The number of hydrogen-bond acceptors (Lipinski definition) is 5. The van der Waals surface area contributed by atoms with Crippen LogP contribution >= 0.6 is 0 Å². The first kappa shape index (κ1) is 22.9. The average Bonchev–Trinajstić information content (AvgIpc) is 3.64. The normalized spacial score (nSPS) is 18.8. The zero-order valence-electron chi connectivity index (χ0n) is 20.1. The second-order valence-corrected chi connectivity index (χ2v) is 10.3. The summed E-state index contributed by atoms with van der Waals surface area (Å²) in [7, 11) is 3.67. The van der Waals surface area contributed by atoms with Crippen LogP contribution in [-0.2, 0) is 5.54 Å². The van der Waals surface area contributed by atoms with E-state index < -0.39 is 5.54 Å². The van der Waals surface area contributed by atoms with Crippen molar-refractivity contribution >= 4 is 27.1 Å². The minimum absolute atomic E-state index is 0.0912. The van der Waals surface area contributed by atoms with E-state index in [4.69, 9.17) is 4.74 Å². The molecule has 2 fully saturated rings. The zero-order valence-corrected chi connectivity index (χ0v) is 21.1.